The van der Waals surface area contributed by atoms with Crippen LogP contribution in [0.25, 0.3) is 11.0 Å². The molecule has 4 aliphatic rings. The number of piperidine rings is 1. The van der Waals surface area contributed by atoms with Crippen LogP contribution in [0.1, 0.15) is 103 Å². The van der Waals surface area contributed by atoms with Crippen LogP contribution in [0.4, 0.5) is 4.79 Å². The van der Waals surface area contributed by atoms with E-state index < -0.39 is 17.6 Å². The molecule has 2 heterocycles. The standard InChI is InChI=1S/C32H47N5O5/c1-30(2,3)42-28(40)35-32-16-13-31(14-17-32,15-18-32)21-33-19-7-5-6-8-22-9-10-23-25(20-22)36(4)29(41)37(23)24-11-12-26(38)34-27(24)39/h9-10,20,24,33H,5-8,11-19,21H2,1-4H3,(H,35,40)(H,34,38,39). The van der Waals surface area contributed by atoms with E-state index in [9.17, 15) is 19.2 Å². The number of carbonyl (C=O) groups excluding carboxylic acids is 3. The molecule has 4 fully saturated rings. The summed E-state index contributed by atoms with van der Waals surface area (Å²) in [6.45, 7) is 7.75. The first-order valence-corrected chi connectivity index (χ1v) is 15.6. The van der Waals surface area contributed by atoms with Crippen molar-refractivity contribution in [3.63, 3.8) is 0 Å². The number of fused-ring (bicyclic) bond motifs is 4. The van der Waals surface area contributed by atoms with Gasteiger partial charge in [-0.15, -0.1) is 0 Å². The Morgan fingerprint density at radius 1 is 1.02 bits per heavy atom. The topological polar surface area (TPSA) is 123 Å². The van der Waals surface area contributed by atoms with E-state index in [0.717, 1.165) is 88.3 Å². The number of aryl methyl sites for hydroxylation is 2. The molecule has 1 saturated heterocycles. The molecule has 10 heteroatoms. The van der Waals surface area contributed by atoms with Crippen LogP contribution in [0.3, 0.4) is 0 Å². The summed E-state index contributed by atoms with van der Waals surface area (Å²) in [6, 6.07) is 5.38. The minimum Gasteiger partial charge on any atom is -0.444 e. The predicted molar refractivity (Wildman–Crippen MR) is 161 cm³/mol. The van der Waals surface area contributed by atoms with Crippen molar-refractivity contribution in [1.82, 2.24) is 25.1 Å². The molecule has 3 N–H and O–H groups in total. The molecule has 1 atom stereocenters. The Kier molecular flexibility index (Phi) is 8.56. The van der Waals surface area contributed by atoms with E-state index in [4.69, 9.17) is 4.74 Å². The summed E-state index contributed by atoms with van der Waals surface area (Å²) in [4.78, 5) is 49.3. The van der Waals surface area contributed by atoms with E-state index in [1.165, 1.54) is 10.1 Å². The smallest absolute Gasteiger partial charge is 0.408 e. The van der Waals surface area contributed by atoms with Crippen LogP contribution in [-0.2, 0) is 27.8 Å². The summed E-state index contributed by atoms with van der Waals surface area (Å²) in [5, 5.41) is 9.29. The lowest BCUT2D eigenvalue weighted by atomic mass is 9.57. The zero-order valence-corrected chi connectivity index (χ0v) is 25.6. The van der Waals surface area contributed by atoms with Crippen molar-refractivity contribution in [3.05, 3.63) is 34.2 Å². The molecule has 10 nitrogen and oxygen atoms in total. The van der Waals surface area contributed by atoms with E-state index in [0.29, 0.717) is 11.8 Å². The highest BCUT2D eigenvalue weighted by atomic mass is 16.6. The van der Waals surface area contributed by atoms with E-state index in [2.05, 4.69) is 22.0 Å². The zero-order chi connectivity index (χ0) is 30.1. The number of amides is 3. The summed E-state index contributed by atoms with van der Waals surface area (Å²) in [5.41, 5.74) is 2.28. The average molecular weight is 582 g/mol. The highest BCUT2D eigenvalue weighted by Gasteiger charge is 2.49. The second kappa shape index (κ2) is 11.9. The third-order valence-corrected chi connectivity index (χ3v) is 9.66. The highest BCUT2D eigenvalue weighted by Crippen LogP contribution is 2.52. The number of nitrogens with one attached hydrogen (secondary N) is 3. The van der Waals surface area contributed by atoms with E-state index >= 15 is 0 Å². The number of hydrogen-bond donors (Lipinski definition) is 3. The van der Waals surface area contributed by atoms with Gasteiger partial charge in [0.2, 0.25) is 11.8 Å². The summed E-state index contributed by atoms with van der Waals surface area (Å²) in [5.74, 6) is -0.696. The lowest BCUT2D eigenvalue weighted by molar-refractivity contribution is -0.135. The number of aromatic nitrogens is 2. The fraction of sp³-hybridized carbons (Fsp3) is 0.688. The van der Waals surface area contributed by atoms with Crippen LogP contribution in [0.2, 0.25) is 0 Å². The highest BCUT2D eigenvalue weighted by molar-refractivity contribution is 6.00. The van der Waals surface area contributed by atoms with Crippen LogP contribution >= 0.6 is 0 Å². The number of imidazole rings is 1. The van der Waals surface area contributed by atoms with Gasteiger partial charge in [-0.1, -0.05) is 12.5 Å². The molecular weight excluding hydrogens is 534 g/mol. The van der Waals surface area contributed by atoms with Crippen molar-refractivity contribution in [1.29, 1.82) is 0 Å². The van der Waals surface area contributed by atoms with Gasteiger partial charge in [-0.25, -0.2) is 9.59 Å². The summed E-state index contributed by atoms with van der Waals surface area (Å²) in [6.07, 6.45) is 11.1. The first-order chi connectivity index (χ1) is 19.9. The molecule has 1 aliphatic heterocycles. The van der Waals surface area contributed by atoms with Gasteiger partial charge >= 0.3 is 11.8 Å². The van der Waals surface area contributed by atoms with Gasteiger partial charge in [0.05, 0.1) is 11.0 Å². The molecule has 1 aromatic heterocycles. The molecule has 2 bridgehead atoms. The molecule has 2 aromatic rings. The molecule has 230 valence electrons. The van der Waals surface area contributed by atoms with Crippen molar-refractivity contribution in [2.45, 2.75) is 115 Å². The fourth-order valence-corrected chi connectivity index (χ4v) is 7.14. The number of imide groups is 1. The Balaban J connectivity index is 1.04. The number of hydrogen-bond acceptors (Lipinski definition) is 6. The van der Waals surface area contributed by atoms with Gasteiger partial charge < -0.3 is 15.4 Å². The molecule has 1 aromatic carbocycles. The van der Waals surface area contributed by atoms with E-state index in [1.807, 2.05) is 32.9 Å². The Labute approximate surface area is 247 Å². The van der Waals surface area contributed by atoms with Gasteiger partial charge in [0, 0.05) is 25.6 Å². The number of unbranched alkanes of at least 4 members (excludes halogenated alkanes) is 2. The fourth-order valence-electron chi connectivity index (χ4n) is 7.14. The van der Waals surface area contributed by atoms with Crippen molar-refractivity contribution in [3.8, 4) is 0 Å². The predicted octanol–water partition coefficient (Wildman–Crippen LogP) is 4.24. The van der Waals surface area contributed by atoms with Crippen LogP contribution in [-0.4, -0.2) is 51.3 Å². The Morgan fingerprint density at radius 2 is 1.74 bits per heavy atom. The second-order valence-electron chi connectivity index (χ2n) is 13.9. The molecule has 3 amide bonds. The maximum Gasteiger partial charge on any atom is 0.408 e. The van der Waals surface area contributed by atoms with E-state index in [-0.39, 0.29) is 29.6 Å². The summed E-state index contributed by atoms with van der Waals surface area (Å²) >= 11 is 0. The molecule has 3 saturated carbocycles. The normalized spacial score (nSPS) is 26.0. The van der Waals surface area contributed by atoms with Gasteiger partial charge in [0.1, 0.15) is 11.6 Å². The molecular formula is C32H47N5O5. The molecule has 42 heavy (non-hydrogen) atoms. The van der Waals surface area contributed by atoms with Gasteiger partial charge in [0.15, 0.2) is 0 Å². The number of nitrogens with zero attached hydrogens (tertiary/aromatic N) is 2. The minimum absolute atomic E-state index is 0.0903. The number of benzene rings is 1. The number of ether oxygens (including phenoxy) is 1. The number of carbonyl (C=O) groups is 3. The maximum atomic E-state index is 13.0. The molecule has 6 rings (SSSR count). The van der Waals surface area contributed by atoms with Gasteiger partial charge in [-0.2, -0.15) is 0 Å². The second-order valence-corrected chi connectivity index (χ2v) is 13.9. The maximum absolute atomic E-state index is 13.0. The lowest BCUT2D eigenvalue weighted by Crippen LogP contribution is -2.58. The summed E-state index contributed by atoms with van der Waals surface area (Å²) in [7, 11) is 1.73. The van der Waals surface area contributed by atoms with Crippen LogP contribution in [0.15, 0.2) is 23.0 Å². The first-order valence-electron chi connectivity index (χ1n) is 15.6. The third-order valence-electron chi connectivity index (χ3n) is 9.66. The Hall–Kier alpha value is -3.14. The third kappa shape index (κ3) is 6.58. The first kappa shape index (κ1) is 30.3. The molecule has 1 unspecified atom stereocenters. The molecule has 0 radical (unpaired) electrons. The summed E-state index contributed by atoms with van der Waals surface area (Å²) < 4.78 is 8.64. The zero-order valence-electron chi connectivity index (χ0n) is 25.6. The van der Waals surface area contributed by atoms with Gasteiger partial charge in [0.25, 0.3) is 0 Å². The minimum atomic E-state index is -0.657. The van der Waals surface area contributed by atoms with E-state index in [1.54, 1.807) is 11.6 Å². The van der Waals surface area contributed by atoms with Crippen LogP contribution in [0.5, 0.6) is 0 Å². The van der Waals surface area contributed by atoms with Crippen LogP contribution in [0, 0.1) is 5.41 Å². The van der Waals surface area contributed by atoms with Crippen molar-refractivity contribution >= 4 is 28.9 Å². The van der Waals surface area contributed by atoms with Gasteiger partial charge in [-0.05, 0) is 115 Å². The molecule has 3 aliphatic carbocycles. The molecule has 0 spiro atoms. The van der Waals surface area contributed by atoms with Crippen LogP contribution < -0.4 is 21.6 Å². The largest absolute Gasteiger partial charge is 0.444 e. The SMILES string of the molecule is Cn1c(=O)n(C2CCC(=O)NC2=O)c2ccc(CCCCCNCC34CCC(NC(=O)OC(C)(C)C)(CC3)CC4)cc21. The number of rotatable bonds is 10. The Bertz CT molecular complexity index is 1380. The van der Waals surface area contributed by atoms with Gasteiger partial charge in [-0.3, -0.25) is 24.0 Å². The number of alkyl carbamates (subject to hydrolysis) is 1. The monoisotopic (exact) mass is 581 g/mol. The van der Waals surface area contributed by atoms with Crippen molar-refractivity contribution in [2.24, 2.45) is 12.5 Å². The Morgan fingerprint density at radius 3 is 2.40 bits per heavy atom. The van der Waals surface area contributed by atoms with Crippen molar-refractivity contribution < 1.29 is 19.1 Å². The average Bonchev–Trinajstić information content (AvgIpc) is 3.17. The lowest BCUT2D eigenvalue weighted by Gasteiger charge is -2.53. The van der Waals surface area contributed by atoms with Crippen molar-refractivity contribution in [2.75, 3.05) is 13.1 Å². The quantitative estimate of drug-likeness (QED) is 0.285.